The van der Waals surface area contributed by atoms with Gasteiger partial charge in [-0.15, -0.1) is 6.58 Å². The van der Waals surface area contributed by atoms with Crippen molar-refractivity contribution in [2.45, 2.75) is 112 Å². The lowest BCUT2D eigenvalue weighted by molar-refractivity contribution is -0.145. The molecule has 1 saturated carbocycles. The van der Waals surface area contributed by atoms with Gasteiger partial charge < -0.3 is 15.3 Å². The van der Waals surface area contributed by atoms with Crippen molar-refractivity contribution in [3.63, 3.8) is 0 Å². The fraction of sp³-hybridized carbons (Fsp3) is 0.571. The van der Waals surface area contributed by atoms with Crippen LogP contribution in [0.1, 0.15) is 106 Å². The number of rotatable bonds is 7. The Hall–Kier alpha value is -2.87. The number of anilines is 1. The van der Waals surface area contributed by atoms with E-state index in [0.717, 1.165) is 68.3 Å². The summed E-state index contributed by atoms with van der Waals surface area (Å²) in [7, 11) is 0. The molecular weight excluding hydrogens is 602 g/mol. The monoisotopic (exact) mass is 655 g/mol. The molecule has 0 bridgehead atoms. The van der Waals surface area contributed by atoms with Gasteiger partial charge in [-0.1, -0.05) is 91.9 Å². The first-order chi connectivity index (χ1) is 20.9. The van der Waals surface area contributed by atoms with Gasteiger partial charge >= 0.3 is 0 Å². The Morgan fingerprint density at radius 3 is 2.30 bits per heavy atom. The number of hydrogen-bond acceptors (Lipinski definition) is 5. The Balaban J connectivity index is 0.000000733. The second kappa shape index (κ2) is 18.7. The molecule has 3 heterocycles. The number of carbonyl (C=O) groups excluding carboxylic acids is 1. The highest BCUT2D eigenvalue weighted by atomic mass is 79.9. The summed E-state index contributed by atoms with van der Waals surface area (Å²) < 4.78 is 2.57. The van der Waals surface area contributed by atoms with Crippen LogP contribution in [-0.4, -0.2) is 49.6 Å². The third-order valence-electron chi connectivity index (χ3n) is 8.04. The number of carbonyl (C=O) groups is 1. The highest BCUT2D eigenvalue weighted by Gasteiger charge is 2.41. The summed E-state index contributed by atoms with van der Waals surface area (Å²) >= 11 is 3.54. The maximum atomic E-state index is 13.5. The topological polar surface area (TPSA) is 82.8 Å². The van der Waals surface area contributed by atoms with Gasteiger partial charge in [0.25, 0.3) is 0 Å². The second-order valence-electron chi connectivity index (χ2n) is 10.8. The van der Waals surface area contributed by atoms with E-state index in [1.54, 1.807) is 22.8 Å². The number of hydrogen-bond donors (Lipinski definition) is 2. The van der Waals surface area contributed by atoms with Crippen LogP contribution in [0, 0.1) is 5.41 Å². The van der Waals surface area contributed by atoms with Gasteiger partial charge in [-0.05, 0) is 60.2 Å². The van der Waals surface area contributed by atoms with Crippen LogP contribution in [0.3, 0.4) is 0 Å². The van der Waals surface area contributed by atoms with Crippen LogP contribution < -0.4 is 5.32 Å². The van der Waals surface area contributed by atoms with Gasteiger partial charge in [0.15, 0.2) is 5.65 Å². The predicted molar refractivity (Wildman–Crippen MR) is 185 cm³/mol. The molecule has 0 spiro atoms. The van der Waals surface area contributed by atoms with E-state index in [1.807, 2.05) is 52.0 Å². The molecule has 1 saturated heterocycles. The minimum Gasteiger partial charge on any atom is -0.507 e. The summed E-state index contributed by atoms with van der Waals surface area (Å²) in [6.45, 7) is 17.8. The number of phenols is 1. The first-order valence-electron chi connectivity index (χ1n) is 16.4. The molecule has 8 heteroatoms. The molecule has 1 amide bonds. The number of allylic oxidation sites excluding steroid dienone is 1. The van der Waals surface area contributed by atoms with Gasteiger partial charge in [0.2, 0.25) is 5.91 Å². The van der Waals surface area contributed by atoms with Crippen LogP contribution in [0.15, 0.2) is 53.7 Å². The molecule has 1 aliphatic heterocycles. The summed E-state index contributed by atoms with van der Waals surface area (Å²) in [5.74, 6) is 1.33. The van der Waals surface area contributed by atoms with Gasteiger partial charge in [0, 0.05) is 30.8 Å². The predicted octanol–water partition coefficient (Wildman–Crippen LogP) is 9.65. The lowest BCUT2D eigenvalue weighted by Crippen LogP contribution is -2.49. The lowest BCUT2D eigenvalue weighted by Gasteiger charge is -2.42. The zero-order valence-electron chi connectivity index (χ0n) is 27.3. The molecule has 2 fully saturated rings. The normalized spacial score (nSPS) is 16.0. The average Bonchev–Trinajstić information content (AvgIpc) is 3.44. The van der Waals surface area contributed by atoms with E-state index in [-0.39, 0.29) is 17.2 Å². The summed E-state index contributed by atoms with van der Waals surface area (Å²) in [4.78, 5) is 20.3. The first-order valence-corrected chi connectivity index (χ1v) is 17.2. The minimum absolute atomic E-state index is 0.189. The maximum Gasteiger partial charge on any atom is 0.229 e. The number of nitrogens with one attached hydrogen (secondary N) is 1. The van der Waals surface area contributed by atoms with E-state index >= 15 is 0 Å². The van der Waals surface area contributed by atoms with Gasteiger partial charge in [-0.25, -0.2) is 4.98 Å². The third kappa shape index (κ3) is 9.31. The molecule has 3 aromatic rings. The lowest BCUT2D eigenvalue weighted by atomic mass is 9.70. The van der Waals surface area contributed by atoms with Crippen molar-refractivity contribution in [2.24, 2.45) is 5.41 Å². The van der Waals surface area contributed by atoms with E-state index in [4.69, 9.17) is 4.98 Å². The number of para-hydroxylation sites is 1. The van der Waals surface area contributed by atoms with Gasteiger partial charge in [-0.2, -0.15) is 9.61 Å². The van der Waals surface area contributed by atoms with Crippen molar-refractivity contribution < 1.29 is 9.90 Å². The molecular formula is C35H54BrN5O2. The summed E-state index contributed by atoms with van der Waals surface area (Å²) in [6, 6.07) is 9.35. The van der Waals surface area contributed by atoms with Gasteiger partial charge in [-0.3, -0.25) is 4.79 Å². The van der Waals surface area contributed by atoms with Crippen molar-refractivity contribution >= 4 is 33.3 Å². The van der Waals surface area contributed by atoms with Crippen LogP contribution in [0.4, 0.5) is 5.82 Å². The van der Waals surface area contributed by atoms with Crippen LogP contribution >= 0.6 is 15.9 Å². The molecule has 0 atom stereocenters. The minimum atomic E-state index is -0.245. The second-order valence-corrected chi connectivity index (χ2v) is 11.7. The number of aromatic nitrogens is 3. The van der Waals surface area contributed by atoms with Crippen molar-refractivity contribution in [3.8, 4) is 17.0 Å². The largest absolute Gasteiger partial charge is 0.507 e. The van der Waals surface area contributed by atoms with Crippen molar-refractivity contribution in [1.82, 2.24) is 19.5 Å². The number of piperidine rings is 1. The molecule has 7 nitrogen and oxygen atoms in total. The molecule has 238 valence electrons. The van der Waals surface area contributed by atoms with Crippen LogP contribution in [0.25, 0.3) is 16.9 Å². The summed E-state index contributed by atoms with van der Waals surface area (Å²) in [5, 5.41) is 18.5. The van der Waals surface area contributed by atoms with Crippen LogP contribution in [0.2, 0.25) is 0 Å². The van der Waals surface area contributed by atoms with Crippen molar-refractivity contribution in [3.05, 3.63) is 53.7 Å². The van der Waals surface area contributed by atoms with Crippen molar-refractivity contribution in [1.29, 1.82) is 0 Å². The standard InChI is InChI=1S/C27H32BrN5O2.C4H10.2C2H6/c1-2-12-27(13-6-3-7-14-27)26(35)32-15-10-19(11-16-32)30-24-17-22(20-8-4-5-9-23(20)34)31-25-21(28)18-29-33(24)25;1-3-4-2;2*1-2/h2,4-5,8-9,17-19,30,34H,1,3,6-7,10-16H2;3-4H2,1-2H3;2*1-2H3. The van der Waals surface area contributed by atoms with Gasteiger partial charge in [0.05, 0.1) is 21.8 Å². The Morgan fingerprint density at radius 2 is 1.72 bits per heavy atom. The smallest absolute Gasteiger partial charge is 0.229 e. The molecule has 2 aliphatic rings. The zero-order chi connectivity index (χ0) is 31.8. The zero-order valence-corrected chi connectivity index (χ0v) is 28.9. The molecule has 1 aromatic carbocycles. The number of unbranched alkanes of at least 4 members (excludes halogenated alkanes) is 1. The number of benzene rings is 1. The number of phenolic OH excluding ortho intramolecular Hbond substituents is 1. The number of nitrogens with zero attached hydrogens (tertiary/aromatic N) is 4. The van der Waals surface area contributed by atoms with E-state index < -0.39 is 0 Å². The average molecular weight is 657 g/mol. The molecule has 2 N–H and O–H groups in total. The highest BCUT2D eigenvalue weighted by molar-refractivity contribution is 9.10. The SMILES string of the molecule is C=CCC1(C(=O)N2CCC(Nc3cc(-c4ccccc4O)nc4c(Br)cnn34)CC2)CCCCC1.CC.CC.CCCC. The highest BCUT2D eigenvalue weighted by Crippen LogP contribution is 2.42. The first kappa shape index (κ1) is 36.3. The van der Waals surface area contributed by atoms with Crippen molar-refractivity contribution in [2.75, 3.05) is 18.4 Å². The molecule has 0 radical (unpaired) electrons. The molecule has 1 aliphatic carbocycles. The number of halogens is 1. The Morgan fingerprint density at radius 1 is 1.09 bits per heavy atom. The van der Waals surface area contributed by atoms with Crippen LogP contribution in [-0.2, 0) is 4.79 Å². The van der Waals surface area contributed by atoms with E-state index in [1.165, 1.54) is 19.3 Å². The van der Waals surface area contributed by atoms with Crippen LogP contribution in [0.5, 0.6) is 5.75 Å². The number of fused-ring (bicyclic) bond motifs is 1. The Labute approximate surface area is 268 Å². The quantitative estimate of drug-likeness (QED) is 0.248. The molecule has 2 aromatic heterocycles. The molecule has 0 unspecified atom stereocenters. The van der Waals surface area contributed by atoms with E-state index in [2.05, 4.69) is 51.7 Å². The van der Waals surface area contributed by atoms with E-state index in [0.29, 0.717) is 22.8 Å². The number of amides is 1. The van der Waals surface area contributed by atoms with Gasteiger partial charge in [0.1, 0.15) is 11.6 Å². The number of likely N-dealkylation sites (tertiary alicyclic amines) is 1. The van der Waals surface area contributed by atoms with E-state index in [9.17, 15) is 9.90 Å². The fourth-order valence-electron chi connectivity index (χ4n) is 5.65. The third-order valence-corrected chi connectivity index (χ3v) is 8.60. The Bertz CT molecular complexity index is 1260. The fourth-order valence-corrected chi connectivity index (χ4v) is 6.00. The summed E-state index contributed by atoms with van der Waals surface area (Å²) in [6.07, 6.45) is 14.3. The molecule has 5 rings (SSSR count). The molecule has 43 heavy (non-hydrogen) atoms. The summed E-state index contributed by atoms with van der Waals surface area (Å²) in [5.41, 5.74) is 1.79. The Kier molecular flexibility index (Phi) is 15.8. The number of aromatic hydroxyl groups is 1. The maximum absolute atomic E-state index is 13.5.